The predicted molar refractivity (Wildman–Crippen MR) is 84.8 cm³/mol. The number of nitro benzene ring substituents is 1. The fourth-order valence-electron chi connectivity index (χ4n) is 2.22. The van der Waals surface area contributed by atoms with Crippen molar-refractivity contribution in [3.8, 4) is 0 Å². The Morgan fingerprint density at radius 3 is 2.86 bits per heavy atom. The van der Waals surface area contributed by atoms with E-state index in [2.05, 4.69) is 29.4 Å². The van der Waals surface area contributed by atoms with E-state index in [1.807, 2.05) is 0 Å². The van der Waals surface area contributed by atoms with Crippen LogP contribution in [0.1, 0.15) is 9.75 Å². The first kappa shape index (κ1) is 13.5. The van der Waals surface area contributed by atoms with Gasteiger partial charge in [0.2, 0.25) is 0 Å². The van der Waals surface area contributed by atoms with Gasteiger partial charge < -0.3 is 5.32 Å². The van der Waals surface area contributed by atoms with Gasteiger partial charge in [0, 0.05) is 28.6 Å². The van der Waals surface area contributed by atoms with Crippen molar-refractivity contribution in [2.45, 2.75) is 13.5 Å². The maximum Gasteiger partial charge on any atom is 0.278 e. The van der Waals surface area contributed by atoms with Gasteiger partial charge in [-0.1, -0.05) is 0 Å². The molecule has 21 heavy (non-hydrogen) atoms. The number of aromatic nitrogens is 1. The minimum atomic E-state index is -0.379. The van der Waals surface area contributed by atoms with E-state index in [1.165, 1.54) is 15.8 Å². The van der Waals surface area contributed by atoms with Crippen LogP contribution in [0.3, 0.4) is 0 Å². The first-order chi connectivity index (χ1) is 10.1. The second-order valence-electron chi connectivity index (χ2n) is 4.65. The molecule has 0 aliphatic heterocycles. The highest BCUT2D eigenvalue weighted by atomic mass is 32.1. The molecule has 3 aromatic rings. The van der Waals surface area contributed by atoms with Crippen molar-refractivity contribution < 1.29 is 4.92 Å². The van der Waals surface area contributed by atoms with Gasteiger partial charge in [-0.2, -0.15) is 0 Å². The lowest BCUT2D eigenvalue weighted by Crippen LogP contribution is -2.00. The highest BCUT2D eigenvalue weighted by Gasteiger charge is 2.14. The zero-order chi connectivity index (χ0) is 14.8. The molecule has 0 fully saturated rings. The second kappa shape index (κ2) is 5.49. The van der Waals surface area contributed by atoms with Gasteiger partial charge in [-0.25, -0.2) is 0 Å². The molecule has 0 saturated carbocycles. The first-order valence-electron chi connectivity index (χ1n) is 6.46. The lowest BCUT2D eigenvalue weighted by atomic mass is 10.1. The molecule has 0 aliphatic carbocycles. The van der Waals surface area contributed by atoms with Gasteiger partial charge in [0.1, 0.15) is 5.52 Å². The summed E-state index contributed by atoms with van der Waals surface area (Å²) in [6, 6.07) is 10.8. The van der Waals surface area contributed by atoms with Crippen molar-refractivity contribution in [1.82, 2.24) is 4.98 Å². The minimum absolute atomic E-state index is 0.0793. The number of nitro groups is 1. The summed E-state index contributed by atoms with van der Waals surface area (Å²) in [6.07, 6.45) is 1.65. The van der Waals surface area contributed by atoms with Gasteiger partial charge in [-0.05, 0) is 37.3 Å². The number of nitrogens with one attached hydrogen (secondary N) is 1. The highest BCUT2D eigenvalue weighted by molar-refractivity contribution is 7.11. The molecule has 0 aliphatic rings. The maximum atomic E-state index is 11.1. The lowest BCUT2D eigenvalue weighted by Gasteiger charge is -2.08. The Labute approximate surface area is 125 Å². The van der Waals surface area contributed by atoms with E-state index in [0.29, 0.717) is 17.4 Å². The molecule has 2 aromatic heterocycles. The molecular formula is C15H13N3O2S. The summed E-state index contributed by atoms with van der Waals surface area (Å²) >= 11 is 1.73. The molecule has 1 N–H and O–H groups in total. The number of rotatable bonds is 4. The third-order valence-electron chi connectivity index (χ3n) is 3.19. The van der Waals surface area contributed by atoms with E-state index in [9.17, 15) is 10.1 Å². The fourth-order valence-corrected chi connectivity index (χ4v) is 3.05. The van der Waals surface area contributed by atoms with Gasteiger partial charge in [-0.3, -0.25) is 15.1 Å². The summed E-state index contributed by atoms with van der Waals surface area (Å²) in [6.45, 7) is 2.75. The summed E-state index contributed by atoms with van der Waals surface area (Å²) in [5.74, 6) is 0. The van der Waals surface area contributed by atoms with Crippen LogP contribution in [-0.2, 0) is 6.54 Å². The van der Waals surface area contributed by atoms with Crippen molar-refractivity contribution in [3.63, 3.8) is 0 Å². The number of aryl methyl sites for hydroxylation is 1. The normalized spacial score (nSPS) is 10.7. The molecule has 0 saturated heterocycles. The number of anilines is 1. The number of pyridine rings is 1. The van der Waals surface area contributed by atoms with Crippen molar-refractivity contribution in [3.05, 3.63) is 62.5 Å². The van der Waals surface area contributed by atoms with Crippen LogP contribution in [0.2, 0.25) is 0 Å². The number of non-ortho nitro benzene ring substituents is 1. The number of benzene rings is 1. The van der Waals surface area contributed by atoms with Crippen LogP contribution in [0, 0.1) is 17.0 Å². The Hall–Kier alpha value is -2.47. The zero-order valence-electron chi connectivity index (χ0n) is 11.4. The summed E-state index contributed by atoms with van der Waals surface area (Å²) in [4.78, 5) is 17.4. The van der Waals surface area contributed by atoms with E-state index in [-0.39, 0.29) is 10.6 Å². The topological polar surface area (TPSA) is 68.1 Å². The van der Waals surface area contributed by atoms with E-state index in [1.54, 1.807) is 35.7 Å². The molecule has 0 spiro atoms. The number of fused-ring (bicyclic) bond motifs is 1. The van der Waals surface area contributed by atoms with Crippen LogP contribution in [-0.4, -0.2) is 9.91 Å². The molecule has 0 amide bonds. The summed E-state index contributed by atoms with van der Waals surface area (Å²) < 4.78 is 0. The highest BCUT2D eigenvalue weighted by Crippen LogP contribution is 2.30. The minimum Gasteiger partial charge on any atom is -0.378 e. The first-order valence-corrected chi connectivity index (χ1v) is 7.28. The SMILES string of the molecule is Cc1ccc(CNc2ccc([N+](=O)[O-])c3cccnc23)s1. The van der Waals surface area contributed by atoms with Gasteiger partial charge in [0.05, 0.1) is 16.0 Å². The van der Waals surface area contributed by atoms with Gasteiger partial charge >= 0.3 is 0 Å². The van der Waals surface area contributed by atoms with Crippen molar-refractivity contribution in [2.24, 2.45) is 0 Å². The van der Waals surface area contributed by atoms with Crippen LogP contribution in [0.15, 0.2) is 42.6 Å². The average Bonchev–Trinajstić information content (AvgIpc) is 2.90. The molecule has 1 aromatic carbocycles. The molecule has 106 valence electrons. The average molecular weight is 299 g/mol. The molecule has 0 bridgehead atoms. The lowest BCUT2D eigenvalue weighted by molar-refractivity contribution is -0.383. The number of hydrogen-bond donors (Lipinski definition) is 1. The number of hydrogen-bond acceptors (Lipinski definition) is 5. The van der Waals surface area contributed by atoms with Crippen LogP contribution in [0.5, 0.6) is 0 Å². The molecule has 0 radical (unpaired) electrons. The second-order valence-corrected chi connectivity index (χ2v) is 6.03. The van der Waals surface area contributed by atoms with E-state index in [4.69, 9.17) is 0 Å². The van der Waals surface area contributed by atoms with Crippen LogP contribution in [0.25, 0.3) is 10.9 Å². The Balaban J connectivity index is 1.96. The van der Waals surface area contributed by atoms with Crippen molar-refractivity contribution >= 4 is 33.6 Å². The van der Waals surface area contributed by atoms with Crippen LogP contribution >= 0.6 is 11.3 Å². The third-order valence-corrected chi connectivity index (χ3v) is 4.19. The third kappa shape index (κ3) is 2.71. The van der Waals surface area contributed by atoms with Gasteiger partial charge in [0.15, 0.2) is 0 Å². The van der Waals surface area contributed by atoms with E-state index < -0.39 is 0 Å². The van der Waals surface area contributed by atoms with Crippen molar-refractivity contribution in [2.75, 3.05) is 5.32 Å². The zero-order valence-corrected chi connectivity index (χ0v) is 12.2. The fraction of sp³-hybridized carbons (Fsp3) is 0.133. The molecule has 6 heteroatoms. The smallest absolute Gasteiger partial charge is 0.278 e. The molecule has 5 nitrogen and oxygen atoms in total. The summed E-state index contributed by atoms with van der Waals surface area (Å²) in [7, 11) is 0. The van der Waals surface area contributed by atoms with Crippen LogP contribution in [0.4, 0.5) is 11.4 Å². The summed E-state index contributed by atoms with van der Waals surface area (Å²) in [5.41, 5.74) is 1.51. The Morgan fingerprint density at radius 1 is 1.29 bits per heavy atom. The Morgan fingerprint density at radius 2 is 2.14 bits per heavy atom. The largest absolute Gasteiger partial charge is 0.378 e. The van der Waals surface area contributed by atoms with E-state index >= 15 is 0 Å². The predicted octanol–water partition coefficient (Wildman–Crippen LogP) is 4.13. The Kier molecular flexibility index (Phi) is 3.53. The van der Waals surface area contributed by atoms with Gasteiger partial charge in [-0.15, -0.1) is 11.3 Å². The molecule has 2 heterocycles. The molecule has 0 atom stereocenters. The monoisotopic (exact) mass is 299 g/mol. The summed E-state index contributed by atoms with van der Waals surface area (Å²) in [5, 5.41) is 14.9. The molecular weight excluding hydrogens is 286 g/mol. The molecule has 3 rings (SSSR count). The number of nitrogens with zero attached hydrogens (tertiary/aromatic N) is 2. The van der Waals surface area contributed by atoms with Crippen LogP contribution < -0.4 is 5.32 Å². The van der Waals surface area contributed by atoms with Crippen molar-refractivity contribution in [1.29, 1.82) is 0 Å². The molecule has 0 unspecified atom stereocenters. The standard InChI is InChI=1S/C15H13N3O2S/c1-10-4-5-11(21-10)9-17-13-6-7-14(18(19)20)12-3-2-8-16-15(12)13/h2-8,17H,9H2,1H3. The van der Waals surface area contributed by atoms with Gasteiger partial charge in [0.25, 0.3) is 5.69 Å². The van der Waals surface area contributed by atoms with E-state index in [0.717, 1.165) is 5.69 Å². The quantitative estimate of drug-likeness (QED) is 0.581. The Bertz CT molecular complexity index is 814. The number of thiophene rings is 1. The maximum absolute atomic E-state index is 11.1.